The lowest BCUT2D eigenvalue weighted by atomic mass is 10.0. The van der Waals surface area contributed by atoms with Crippen molar-refractivity contribution in [3.63, 3.8) is 0 Å². The van der Waals surface area contributed by atoms with E-state index in [4.69, 9.17) is 15.7 Å². The molecular weight excluding hydrogens is 278 g/mol. The van der Waals surface area contributed by atoms with Crippen molar-refractivity contribution in [2.75, 3.05) is 6.54 Å². The van der Waals surface area contributed by atoms with Crippen LogP contribution in [0.2, 0.25) is 0 Å². The Labute approximate surface area is 121 Å². The Morgan fingerprint density at radius 1 is 1.55 bits per heavy atom. The van der Waals surface area contributed by atoms with Gasteiger partial charge in [-0.25, -0.2) is 4.79 Å². The monoisotopic (exact) mass is 297 g/mol. The standard InChI is InChI=1S/C13H19N3O3S/c1-13(2,3)19-12(17)16-5-4-10-8(6-16)9(7-20-10)11(14)15-18/h7,18H,4-6H2,1-3H3,(H2,14,15). The number of thiophene rings is 1. The fourth-order valence-corrected chi connectivity index (χ4v) is 3.11. The van der Waals surface area contributed by atoms with Crippen molar-refractivity contribution in [3.05, 3.63) is 21.4 Å². The first-order valence-corrected chi connectivity index (χ1v) is 7.25. The first kappa shape index (κ1) is 14.6. The SMILES string of the molecule is CC(C)(C)OC(=O)N1CCc2scc(C(N)=NO)c2C1. The lowest BCUT2D eigenvalue weighted by Crippen LogP contribution is -2.40. The lowest BCUT2D eigenvalue weighted by Gasteiger charge is -2.30. The first-order valence-electron chi connectivity index (χ1n) is 6.37. The number of ether oxygens (including phenoxy) is 1. The largest absolute Gasteiger partial charge is 0.444 e. The van der Waals surface area contributed by atoms with Gasteiger partial charge in [0.15, 0.2) is 5.84 Å². The third-order valence-electron chi connectivity index (χ3n) is 2.97. The summed E-state index contributed by atoms with van der Waals surface area (Å²) in [7, 11) is 0. The van der Waals surface area contributed by atoms with Crippen LogP contribution in [0.3, 0.4) is 0 Å². The zero-order chi connectivity index (χ0) is 14.9. The second kappa shape index (κ2) is 5.32. The van der Waals surface area contributed by atoms with Gasteiger partial charge in [-0.1, -0.05) is 5.16 Å². The van der Waals surface area contributed by atoms with E-state index in [9.17, 15) is 4.79 Å². The van der Waals surface area contributed by atoms with Gasteiger partial charge in [0.05, 0.1) is 6.54 Å². The minimum atomic E-state index is -0.513. The molecule has 110 valence electrons. The summed E-state index contributed by atoms with van der Waals surface area (Å²) in [4.78, 5) is 14.9. The van der Waals surface area contributed by atoms with Crippen molar-refractivity contribution in [1.29, 1.82) is 0 Å². The smallest absolute Gasteiger partial charge is 0.410 e. The molecule has 0 aromatic carbocycles. The van der Waals surface area contributed by atoms with Crippen molar-refractivity contribution < 1.29 is 14.7 Å². The molecule has 0 atom stereocenters. The Hall–Kier alpha value is -1.76. The Bertz CT molecular complexity index is 546. The Balaban J connectivity index is 2.18. The number of carbonyl (C=O) groups is 1. The number of hydrogen-bond donors (Lipinski definition) is 2. The molecule has 0 saturated heterocycles. The number of fused-ring (bicyclic) bond motifs is 1. The molecule has 3 N–H and O–H groups in total. The number of rotatable bonds is 1. The molecule has 2 heterocycles. The summed E-state index contributed by atoms with van der Waals surface area (Å²) >= 11 is 1.57. The molecule has 1 aromatic heterocycles. The maximum Gasteiger partial charge on any atom is 0.410 e. The van der Waals surface area contributed by atoms with Crippen LogP contribution in [0.25, 0.3) is 0 Å². The van der Waals surface area contributed by atoms with Crippen molar-refractivity contribution in [3.8, 4) is 0 Å². The molecular formula is C13H19N3O3S. The zero-order valence-electron chi connectivity index (χ0n) is 11.8. The summed E-state index contributed by atoms with van der Waals surface area (Å²) in [5.74, 6) is 0.0774. The number of hydrogen-bond acceptors (Lipinski definition) is 5. The third kappa shape index (κ3) is 3.04. The predicted octanol–water partition coefficient (Wildman–Crippen LogP) is 2.14. The average Bonchev–Trinajstić information content (AvgIpc) is 2.78. The van der Waals surface area contributed by atoms with Gasteiger partial charge in [-0.3, -0.25) is 0 Å². The van der Waals surface area contributed by atoms with Gasteiger partial charge in [-0.15, -0.1) is 11.3 Å². The maximum absolute atomic E-state index is 12.1. The quantitative estimate of drug-likeness (QED) is 0.360. The lowest BCUT2D eigenvalue weighted by molar-refractivity contribution is 0.0225. The number of oxime groups is 1. The van der Waals surface area contributed by atoms with Crippen LogP contribution in [0.4, 0.5) is 4.79 Å². The van der Waals surface area contributed by atoms with Crippen molar-refractivity contribution >= 4 is 23.3 Å². The Morgan fingerprint density at radius 3 is 2.85 bits per heavy atom. The van der Waals surface area contributed by atoms with E-state index >= 15 is 0 Å². The van der Waals surface area contributed by atoms with Gasteiger partial charge >= 0.3 is 6.09 Å². The highest BCUT2D eigenvalue weighted by Crippen LogP contribution is 2.29. The van der Waals surface area contributed by atoms with E-state index in [1.807, 2.05) is 26.2 Å². The minimum absolute atomic E-state index is 0.0774. The fourth-order valence-electron chi connectivity index (χ4n) is 2.06. The van der Waals surface area contributed by atoms with Crippen LogP contribution < -0.4 is 5.73 Å². The topological polar surface area (TPSA) is 88.2 Å². The van der Waals surface area contributed by atoms with Gasteiger partial charge in [0.2, 0.25) is 0 Å². The van der Waals surface area contributed by atoms with Crippen molar-refractivity contribution in [2.45, 2.75) is 39.3 Å². The summed E-state index contributed by atoms with van der Waals surface area (Å²) in [5, 5.41) is 13.7. The Kier molecular flexibility index (Phi) is 3.89. The molecule has 1 aromatic rings. The molecule has 1 aliphatic heterocycles. The number of nitrogens with two attached hydrogens (primary N) is 1. The molecule has 20 heavy (non-hydrogen) atoms. The predicted molar refractivity (Wildman–Crippen MR) is 77.2 cm³/mol. The molecule has 2 rings (SSSR count). The Morgan fingerprint density at radius 2 is 2.25 bits per heavy atom. The van der Waals surface area contributed by atoms with Crippen LogP contribution in [0.15, 0.2) is 10.5 Å². The van der Waals surface area contributed by atoms with Gasteiger partial charge in [0.25, 0.3) is 0 Å². The number of amidine groups is 1. The molecule has 0 spiro atoms. The number of amides is 1. The van der Waals surface area contributed by atoms with Crippen LogP contribution in [0.5, 0.6) is 0 Å². The molecule has 1 amide bonds. The van der Waals surface area contributed by atoms with E-state index in [2.05, 4.69) is 5.16 Å². The highest BCUT2D eigenvalue weighted by molar-refractivity contribution is 7.10. The highest BCUT2D eigenvalue weighted by atomic mass is 32.1. The van der Waals surface area contributed by atoms with Gasteiger partial charge < -0.3 is 20.6 Å². The van der Waals surface area contributed by atoms with E-state index in [1.54, 1.807) is 16.2 Å². The maximum atomic E-state index is 12.1. The molecule has 1 aliphatic rings. The highest BCUT2D eigenvalue weighted by Gasteiger charge is 2.28. The van der Waals surface area contributed by atoms with E-state index in [0.717, 1.165) is 12.0 Å². The molecule has 6 nitrogen and oxygen atoms in total. The van der Waals surface area contributed by atoms with Gasteiger partial charge in [0, 0.05) is 22.4 Å². The van der Waals surface area contributed by atoms with E-state index < -0.39 is 5.60 Å². The number of carbonyl (C=O) groups excluding carboxylic acids is 1. The molecule has 0 unspecified atom stereocenters. The van der Waals surface area contributed by atoms with Gasteiger partial charge in [0.1, 0.15) is 5.60 Å². The summed E-state index contributed by atoms with van der Waals surface area (Å²) in [5.41, 5.74) is 6.79. The van der Waals surface area contributed by atoms with Gasteiger partial charge in [-0.2, -0.15) is 0 Å². The molecule has 0 bridgehead atoms. The zero-order valence-corrected chi connectivity index (χ0v) is 12.7. The summed E-state index contributed by atoms with van der Waals surface area (Å²) in [6.45, 7) is 6.57. The van der Waals surface area contributed by atoms with E-state index in [1.165, 1.54) is 4.88 Å². The molecule has 0 radical (unpaired) electrons. The molecule has 0 aliphatic carbocycles. The van der Waals surface area contributed by atoms with Crippen LogP contribution >= 0.6 is 11.3 Å². The van der Waals surface area contributed by atoms with Crippen LogP contribution in [-0.4, -0.2) is 34.2 Å². The van der Waals surface area contributed by atoms with E-state index in [0.29, 0.717) is 18.7 Å². The van der Waals surface area contributed by atoms with Crippen LogP contribution in [-0.2, 0) is 17.7 Å². The third-order valence-corrected chi connectivity index (χ3v) is 4.06. The normalized spacial score (nSPS) is 15.9. The summed E-state index contributed by atoms with van der Waals surface area (Å²) < 4.78 is 5.37. The van der Waals surface area contributed by atoms with Crippen LogP contribution in [0.1, 0.15) is 36.8 Å². The van der Waals surface area contributed by atoms with Crippen LogP contribution in [0, 0.1) is 0 Å². The minimum Gasteiger partial charge on any atom is -0.444 e. The van der Waals surface area contributed by atoms with Crippen molar-refractivity contribution in [2.24, 2.45) is 10.9 Å². The summed E-state index contributed by atoms with van der Waals surface area (Å²) in [6.07, 6.45) is 0.428. The van der Waals surface area contributed by atoms with Crippen molar-refractivity contribution in [1.82, 2.24) is 4.90 Å². The molecule has 7 heteroatoms. The molecule has 0 saturated carbocycles. The fraction of sp³-hybridized carbons (Fsp3) is 0.538. The average molecular weight is 297 g/mol. The molecule has 0 fully saturated rings. The van der Waals surface area contributed by atoms with Gasteiger partial charge in [-0.05, 0) is 32.8 Å². The summed E-state index contributed by atoms with van der Waals surface area (Å²) in [6, 6.07) is 0. The second-order valence-corrected chi connectivity index (χ2v) is 6.65. The van der Waals surface area contributed by atoms with E-state index in [-0.39, 0.29) is 11.9 Å². The second-order valence-electron chi connectivity index (χ2n) is 5.69. The number of nitrogens with zero attached hydrogens (tertiary/aromatic N) is 2. The first-order chi connectivity index (χ1) is 9.31.